The van der Waals surface area contributed by atoms with Crippen LogP contribution in [0.1, 0.15) is 119 Å². The number of aromatic nitrogens is 2. The van der Waals surface area contributed by atoms with Gasteiger partial charge in [0.05, 0.1) is 12.3 Å². The second kappa shape index (κ2) is 33.3. The standard InChI is InChI=1S/C23H32Cl3N5O6.C15H24Cl3N3O5.C14H19NO4/c1-14(19(33)31-10-6-8-16(30-31)20(34)36-13-23(24,25)26)28-18(32)17(11-15-7-5-9-27-12-15)29-21(35)37-22(2,3)4;1-9(19-13(24)26-14(2,3)4)11(22)21-7-5-6-10(20-21)12(23)25-8-15(16,17)18;1-14(2,3)19-12(16)8-11(13(17)18)7-10-5-4-6-15-9-10/h5,7,9,12,14,16-17,30H,6,8,10-11,13H2,1-4H3,(H,28,32)(H,29,35);9-10,20H,5-8H2,1-4H3,(H,19,24);4-6,9,11H,7-8H2,1-3H3,(H,17,18)/t14-,16-,17-;9-,10-;11-/m001/s1. The highest BCUT2D eigenvalue weighted by atomic mass is 35.6. The molecule has 460 valence electrons. The van der Waals surface area contributed by atoms with Crippen molar-refractivity contribution in [2.24, 2.45) is 5.92 Å². The van der Waals surface area contributed by atoms with Crippen LogP contribution in [0.5, 0.6) is 0 Å². The molecule has 2 aliphatic rings. The fourth-order valence-corrected chi connectivity index (χ4v) is 7.50. The number of carbonyl (C=O) groups is 9. The second-order valence-corrected chi connectivity index (χ2v) is 26.9. The van der Waals surface area contributed by atoms with Crippen molar-refractivity contribution < 1.29 is 71.9 Å². The Labute approximate surface area is 507 Å². The fourth-order valence-electron chi connectivity index (χ4n) is 7.17. The largest absolute Gasteiger partial charge is 0.481 e. The normalized spacial score (nSPS) is 17.2. The van der Waals surface area contributed by atoms with Crippen molar-refractivity contribution in [3.63, 3.8) is 0 Å². The van der Waals surface area contributed by atoms with Crippen LogP contribution in [0.15, 0.2) is 49.1 Å². The molecule has 0 spiro atoms. The Morgan fingerprint density at radius 1 is 0.622 bits per heavy atom. The first-order valence-electron chi connectivity index (χ1n) is 25.8. The highest BCUT2D eigenvalue weighted by molar-refractivity contribution is 6.68. The van der Waals surface area contributed by atoms with E-state index in [4.69, 9.17) is 98.4 Å². The molecule has 4 heterocycles. The average molecular weight is 1280 g/mol. The number of nitrogens with zero attached hydrogens (tertiary/aromatic N) is 4. The number of hydrogen-bond acceptors (Lipinski definition) is 18. The van der Waals surface area contributed by atoms with Crippen LogP contribution < -0.4 is 26.8 Å². The SMILES string of the molecule is CC(C)(C)OC(=O)C[C@@H](Cc1cccnc1)C(=O)O.C[C@H](NC(=O)OC(C)(C)C)C(=O)N1CCC[C@@H](C(=O)OCC(Cl)(Cl)Cl)N1.C[C@H](NC(=O)[C@H](Cc1cccnc1)NC(=O)OC(C)(C)C)C(=O)N1CCC[C@@H](C(=O)OCC(Cl)(Cl)Cl)N1. The maximum atomic E-state index is 13.1. The van der Waals surface area contributed by atoms with Crippen molar-refractivity contribution in [2.45, 2.75) is 176 Å². The predicted molar refractivity (Wildman–Crippen MR) is 305 cm³/mol. The maximum Gasteiger partial charge on any atom is 0.408 e. The van der Waals surface area contributed by atoms with Gasteiger partial charge in [-0.25, -0.2) is 20.4 Å². The maximum absolute atomic E-state index is 13.1. The molecule has 0 aromatic carbocycles. The number of pyridine rings is 2. The minimum absolute atomic E-state index is 0.124. The van der Waals surface area contributed by atoms with Crippen LogP contribution in [-0.4, -0.2) is 160 Å². The predicted octanol–water partition coefficient (Wildman–Crippen LogP) is 6.80. The molecule has 2 fully saturated rings. The molecule has 2 saturated heterocycles. The molecular weight excluding hydrogens is 1200 g/mol. The Bertz CT molecular complexity index is 2440. The summed E-state index contributed by atoms with van der Waals surface area (Å²) in [4.78, 5) is 118. The number of hydrogen-bond donors (Lipinski definition) is 6. The minimum atomic E-state index is -1.75. The average Bonchev–Trinajstić information content (AvgIpc) is 3.40. The Morgan fingerprint density at radius 2 is 1.02 bits per heavy atom. The number of aliphatic carboxylic acids is 1. The van der Waals surface area contributed by atoms with Crippen molar-refractivity contribution in [3.05, 3.63) is 60.2 Å². The molecule has 4 rings (SSSR count). The first-order valence-corrected chi connectivity index (χ1v) is 28.1. The summed E-state index contributed by atoms with van der Waals surface area (Å²) < 4.78 is 22.0. The van der Waals surface area contributed by atoms with Gasteiger partial charge in [0.15, 0.2) is 0 Å². The van der Waals surface area contributed by atoms with Gasteiger partial charge in [0.25, 0.3) is 11.8 Å². The van der Waals surface area contributed by atoms with E-state index in [1.54, 1.807) is 111 Å². The van der Waals surface area contributed by atoms with Crippen molar-refractivity contribution in [2.75, 3.05) is 26.3 Å². The molecule has 2 aliphatic heterocycles. The lowest BCUT2D eigenvalue weighted by atomic mass is 9.97. The van der Waals surface area contributed by atoms with Gasteiger partial charge in [-0.1, -0.05) is 81.7 Å². The molecule has 0 bridgehead atoms. The summed E-state index contributed by atoms with van der Waals surface area (Å²) in [5.74, 6) is -5.07. The van der Waals surface area contributed by atoms with E-state index in [0.29, 0.717) is 44.3 Å². The van der Waals surface area contributed by atoms with Crippen molar-refractivity contribution >= 4 is 123 Å². The van der Waals surface area contributed by atoms with Gasteiger partial charge in [-0.2, -0.15) is 0 Å². The molecule has 6 N–H and O–H groups in total. The number of hydrazine groups is 2. The van der Waals surface area contributed by atoms with E-state index in [-0.39, 0.29) is 25.9 Å². The Hall–Kier alpha value is -5.21. The van der Waals surface area contributed by atoms with Gasteiger partial charge in [-0.15, -0.1) is 0 Å². The van der Waals surface area contributed by atoms with Gasteiger partial charge >= 0.3 is 36.1 Å². The van der Waals surface area contributed by atoms with Crippen molar-refractivity contribution in [1.82, 2.24) is 46.8 Å². The van der Waals surface area contributed by atoms with E-state index in [1.165, 1.54) is 23.9 Å². The van der Waals surface area contributed by atoms with Gasteiger partial charge in [-0.3, -0.25) is 53.5 Å². The number of esters is 3. The van der Waals surface area contributed by atoms with Crippen LogP contribution in [0.3, 0.4) is 0 Å². The van der Waals surface area contributed by atoms with Crippen LogP contribution in [0.25, 0.3) is 0 Å². The number of alkyl halides is 6. The van der Waals surface area contributed by atoms with E-state index >= 15 is 0 Å². The molecule has 82 heavy (non-hydrogen) atoms. The van der Waals surface area contributed by atoms with Crippen LogP contribution in [0, 0.1) is 5.92 Å². The first kappa shape index (κ1) is 72.9. The molecule has 0 aliphatic carbocycles. The lowest BCUT2D eigenvalue weighted by Gasteiger charge is -2.34. The minimum Gasteiger partial charge on any atom is -0.481 e. The number of halogens is 6. The van der Waals surface area contributed by atoms with Crippen LogP contribution in [0.2, 0.25) is 0 Å². The van der Waals surface area contributed by atoms with Crippen LogP contribution in [-0.2, 0) is 70.1 Å². The van der Waals surface area contributed by atoms with E-state index in [1.807, 2.05) is 0 Å². The molecular formula is C52H75Cl6N9O15. The summed E-state index contributed by atoms with van der Waals surface area (Å²) in [6.07, 6.45) is 7.13. The van der Waals surface area contributed by atoms with Gasteiger partial charge in [0, 0.05) is 44.3 Å². The van der Waals surface area contributed by atoms with Crippen molar-refractivity contribution in [3.8, 4) is 0 Å². The fraction of sp³-hybridized carbons (Fsp3) is 0.635. The third-order valence-corrected chi connectivity index (χ3v) is 11.3. The quantitative estimate of drug-likeness (QED) is 0.0539. The highest BCUT2D eigenvalue weighted by Gasteiger charge is 2.36. The second-order valence-electron chi connectivity index (χ2n) is 21.8. The number of ether oxygens (including phenoxy) is 5. The Morgan fingerprint density at radius 3 is 1.40 bits per heavy atom. The summed E-state index contributed by atoms with van der Waals surface area (Å²) >= 11 is 33.5. The van der Waals surface area contributed by atoms with Gasteiger partial charge < -0.3 is 44.7 Å². The summed E-state index contributed by atoms with van der Waals surface area (Å²) in [6.45, 7) is 18.4. The van der Waals surface area contributed by atoms with E-state index < -0.39 is 121 Å². The van der Waals surface area contributed by atoms with E-state index in [0.717, 1.165) is 5.56 Å². The molecule has 0 saturated carbocycles. The summed E-state index contributed by atoms with van der Waals surface area (Å²) in [5, 5.41) is 19.3. The monoisotopic (exact) mass is 1280 g/mol. The molecule has 2 aromatic heterocycles. The van der Waals surface area contributed by atoms with Gasteiger partial charge in [-0.05, 0) is 132 Å². The topological polar surface area (TPSA) is 312 Å². The number of rotatable bonds is 17. The number of amides is 5. The Balaban J connectivity index is 0.000000446. The Kier molecular flexibility index (Phi) is 29.6. The molecule has 0 unspecified atom stereocenters. The zero-order valence-electron chi connectivity index (χ0n) is 47.6. The molecule has 2 aromatic rings. The first-order chi connectivity index (χ1) is 37.7. The number of carbonyl (C=O) groups excluding carboxylic acids is 8. The van der Waals surface area contributed by atoms with Gasteiger partial charge in [0.1, 0.15) is 60.2 Å². The third-order valence-electron chi connectivity index (χ3n) is 10.6. The number of carboxylic acid groups (broad SMARTS) is 1. The van der Waals surface area contributed by atoms with Crippen molar-refractivity contribution in [1.29, 1.82) is 0 Å². The lowest BCUT2D eigenvalue weighted by molar-refractivity contribution is -0.159. The van der Waals surface area contributed by atoms with Gasteiger partial charge in [0.2, 0.25) is 13.5 Å². The number of carboxylic acids is 1. The summed E-state index contributed by atoms with van der Waals surface area (Å²) in [7, 11) is 0. The zero-order chi connectivity index (χ0) is 62.4. The van der Waals surface area contributed by atoms with E-state index in [9.17, 15) is 43.2 Å². The number of alkyl carbamates (subject to hydrolysis) is 2. The van der Waals surface area contributed by atoms with E-state index in [2.05, 4.69) is 36.8 Å². The molecule has 0 radical (unpaired) electrons. The van der Waals surface area contributed by atoms with Crippen LogP contribution in [0.4, 0.5) is 9.59 Å². The molecule has 5 amide bonds. The zero-order valence-corrected chi connectivity index (χ0v) is 52.1. The third kappa shape index (κ3) is 31.5. The smallest absolute Gasteiger partial charge is 0.408 e. The molecule has 24 nitrogen and oxygen atoms in total. The number of nitrogens with one attached hydrogen (secondary N) is 5. The summed E-state index contributed by atoms with van der Waals surface area (Å²) in [6, 6.07) is 2.59. The van der Waals surface area contributed by atoms with Crippen LogP contribution >= 0.6 is 69.6 Å². The lowest BCUT2D eigenvalue weighted by Crippen LogP contribution is -2.60. The summed E-state index contributed by atoms with van der Waals surface area (Å²) in [5.41, 5.74) is 5.03. The molecule has 30 heteroatoms. The highest BCUT2D eigenvalue weighted by Crippen LogP contribution is 2.27. The molecule has 6 atom stereocenters.